The number of rotatable bonds is 3. The second-order valence-electron chi connectivity index (χ2n) is 8.71. The van der Waals surface area contributed by atoms with Crippen LogP contribution in [0.4, 0.5) is 0 Å². The monoisotopic (exact) mass is 427 g/mol. The number of aryl methyl sites for hydroxylation is 3. The SMILES string of the molecule is Cc1cc2oc3ncccc3c2cc1-[n+]1c(-c2c(C)cccc2C)sc(C(C)C)c1C. The van der Waals surface area contributed by atoms with Crippen molar-refractivity contribution in [3.63, 3.8) is 0 Å². The number of hydrogen-bond acceptors (Lipinski definition) is 3. The van der Waals surface area contributed by atoms with Crippen molar-refractivity contribution in [1.29, 1.82) is 0 Å². The quantitative estimate of drug-likeness (QED) is 0.282. The molecule has 156 valence electrons. The van der Waals surface area contributed by atoms with E-state index in [0.717, 1.165) is 16.4 Å². The number of aromatic nitrogens is 2. The van der Waals surface area contributed by atoms with Crippen molar-refractivity contribution in [2.45, 2.75) is 47.5 Å². The Bertz CT molecular complexity index is 1440. The van der Waals surface area contributed by atoms with Crippen molar-refractivity contribution >= 4 is 33.4 Å². The number of thiazole rings is 1. The number of pyridine rings is 1. The van der Waals surface area contributed by atoms with Crippen LogP contribution in [0.15, 0.2) is 53.1 Å². The molecule has 0 fully saturated rings. The molecule has 5 rings (SSSR count). The predicted molar refractivity (Wildman–Crippen MR) is 129 cm³/mol. The molecule has 0 N–H and O–H groups in total. The molecule has 0 unspecified atom stereocenters. The van der Waals surface area contributed by atoms with Crippen LogP contribution in [0.3, 0.4) is 0 Å². The first-order valence-electron chi connectivity index (χ1n) is 10.8. The molecule has 5 aromatic rings. The summed E-state index contributed by atoms with van der Waals surface area (Å²) in [5.74, 6) is 0.470. The van der Waals surface area contributed by atoms with E-state index in [2.05, 4.69) is 87.5 Å². The van der Waals surface area contributed by atoms with Gasteiger partial charge in [0.15, 0.2) is 5.69 Å². The lowest BCUT2D eigenvalue weighted by Crippen LogP contribution is -2.35. The van der Waals surface area contributed by atoms with Crippen LogP contribution in [-0.4, -0.2) is 4.98 Å². The van der Waals surface area contributed by atoms with Crippen LogP contribution in [0.2, 0.25) is 0 Å². The summed E-state index contributed by atoms with van der Waals surface area (Å²) in [6, 6.07) is 15.1. The molecule has 0 aliphatic carbocycles. The Labute approximate surface area is 187 Å². The summed E-state index contributed by atoms with van der Waals surface area (Å²) in [4.78, 5) is 5.84. The first-order valence-corrected chi connectivity index (χ1v) is 11.6. The summed E-state index contributed by atoms with van der Waals surface area (Å²) >= 11 is 1.92. The molecule has 3 aromatic heterocycles. The van der Waals surface area contributed by atoms with Gasteiger partial charge in [-0.2, -0.15) is 0 Å². The first kappa shape index (κ1) is 20.0. The van der Waals surface area contributed by atoms with Gasteiger partial charge in [-0.25, -0.2) is 4.98 Å². The number of fused-ring (bicyclic) bond motifs is 3. The van der Waals surface area contributed by atoms with Gasteiger partial charge in [0.25, 0.3) is 5.01 Å². The topological polar surface area (TPSA) is 29.9 Å². The van der Waals surface area contributed by atoms with Gasteiger partial charge in [-0.05, 0) is 56.0 Å². The number of nitrogens with zero attached hydrogens (tertiary/aromatic N) is 2. The average molecular weight is 428 g/mol. The van der Waals surface area contributed by atoms with Crippen LogP contribution in [0.5, 0.6) is 0 Å². The molecule has 0 amide bonds. The molecule has 0 bridgehead atoms. The van der Waals surface area contributed by atoms with Gasteiger partial charge in [0, 0.05) is 35.5 Å². The van der Waals surface area contributed by atoms with Gasteiger partial charge in [-0.1, -0.05) is 43.4 Å². The lowest BCUT2D eigenvalue weighted by atomic mass is 10.0. The van der Waals surface area contributed by atoms with Crippen molar-refractivity contribution < 1.29 is 8.98 Å². The van der Waals surface area contributed by atoms with Crippen LogP contribution >= 0.6 is 11.3 Å². The molecule has 0 saturated carbocycles. The number of benzene rings is 2. The summed E-state index contributed by atoms with van der Waals surface area (Å²) in [5, 5.41) is 3.47. The molecule has 0 spiro atoms. The van der Waals surface area contributed by atoms with Crippen molar-refractivity contribution in [2.75, 3.05) is 0 Å². The van der Waals surface area contributed by atoms with Crippen LogP contribution in [0.1, 0.15) is 47.0 Å². The summed E-state index contributed by atoms with van der Waals surface area (Å²) in [5.41, 5.74) is 9.24. The zero-order valence-corrected chi connectivity index (χ0v) is 19.7. The number of hydrogen-bond donors (Lipinski definition) is 0. The Balaban J connectivity index is 1.87. The van der Waals surface area contributed by atoms with E-state index in [4.69, 9.17) is 4.42 Å². The van der Waals surface area contributed by atoms with E-state index in [-0.39, 0.29) is 0 Å². The Morgan fingerprint density at radius 1 is 0.903 bits per heavy atom. The van der Waals surface area contributed by atoms with Crippen LogP contribution in [-0.2, 0) is 0 Å². The van der Waals surface area contributed by atoms with Gasteiger partial charge in [0.2, 0.25) is 11.4 Å². The van der Waals surface area contributed by atoms with Crippen molar-refractivity contribution in [3.8, 4) is 16.3 Å². The second kappa shape index (κ2) is 7.31. The summed E-state index contributed by atoms with van der Waals surface area (Å²) in [7, 11) is 0. The predicted octanol–water partition coefficient (Wildman–Crippen LogP) is 7.34. The maximum absolute atomic E-state index is 6.03. The third-order valence-electron chi connectivity index (χ3n) is 6.13. The van der Waals surface area contributed by atoms with E-state index >= 15 is 0 Å². The van der Waals surface area contributed by atoms with Gasteiger partial charge in [0.1, 0.15) is 5.58 Å². The van der Waals surface area contributed by atoms with Crippen LogP contribution < -0.4 is 4.57 Å². The number of furan rings is 1. The fourth-order valence-electron chi connectivity index (χ4n) is 4.61. The van der Waals surface area contributed by atoms with E-state index < -0.39 is 0 Å². The highest BCUT2D eigenvalue weighted by atomic mass is 32.1. The minimum atomic E-state index is 0.470. The largest absolute Gasteiger partial charge is 0.438 e. The molecule has 0 saturated heterocycles. The lowest BCUT2D eigenvalue weighted by molar-refractivity contribution is -0.586. The van der Waals surface area contributed by atoms with Gasteiger partial charge < -0.3 is 4.42 Å². The van der Waals surface area contributed by atoms with Crippen molar-refractivity contribution in [3.05, 3.63) is 75.9 Å². The maximum Gasteiger partial charge on any atom is 0.275 e. The zero-order valence-electron chi connectivity index (χ0n) is 18.9. The molecule has 0 atom stereocenters. The van der Waals surface area contributed by atoms with Gasteiger partial charge in [-0.15, -0.1) is 4.57 Å². The van der Waals surface area contributed by atoms with Crippen molar-refractivity contribution in [1.82, 2.24) is 4.98 Å². The van der Waals surface area contributed by atoms with Gasteiger partial charge in [0.05, 0.1) is 10.4 Å². The Morgan fingerprint density at radius 3 is 2.35 bits per heavy atom. The second-order valence-corrected chi connectivity index (χ2v) is 9.74. The Hall–Kier alpha value is -2.98. The highest BCUT2D eigenvalue weighted by Gasteiger charge is 2.31. The minimum absolute atomic E-state index is 0.470. The third-order valence-corrected chi connectivity index (χ3v) is 7.69. The molecular formula is C27H27N2OS+. The fourth-order valence-corrected chi connectivity index (χ4v) is 6.05. The molecule has 4 heteroatoms. The molecule has 0 aliphatic heterocycles. The normalized spacial score (nSPS) is 11.8. The van der Waals surface area contributed by atoms with Gasteiger partial charge in [-0.3, -0.25) is 0 Å². The molecule has 0 aliphatic rings. The van der Waals surface area contributed by atoms with E-state index in [1.165, 1.54) is 43.5 Å². The Kier molecular flexibility index (Phi) is 4.71. The molecule has 31 heavy (non-hydrogen) atoms. The van der Waals surface area contributed by atoms with Crippen LogP contribution in [0, 0.1) is 27.7 Å². The van der Waals surface area contributed by atoms with E-state index in [9.17, 15) is 0 Å². The molecular weight excluding hydrogens is 400 g/mol. The fraction of sp³-hybridized carbons (Fsp3) is 0.259. The van der Waals surface area contributed by atoms with E-state index in [0.29, 0.717) is 11.6 Å². The third kappa shape index (κ3) is 3.09. The first-order chi connectivity index (χ1) is 14.9. The zero-order chi connectivity index (χ0) is 21.9. The highest BCUT2D eigenvalue weighted by Crippen LogP contribution is 2.37. The van der Waals surface area contributed by atoms with Crippen LogP contribution in [0.25, 0.3) is 38.3 Å². The summed E-state index contributed by atoms with van der Waals surface area (Å²) in [6.45, 7) is 13.4. The van der Waals surface area contributed by atoms with Gasteiger partial charge >= 0.3 is 0 Å². The molecule has 0 radical (unpaired) electrons. The van der Waals surface area contributed by atoms with E-state index in [1.807, 2.05) is 17.4 Å². The smallest absolute Gasteiger partial charge is 0.275 e. The molecule has 3 heterocycles. The summed E-state index contributed by atoms with van der Waals surface area (Å²) in [6.07, 6.45) is 1.78. The molecule has 2 aromatic carbocycles. The standard InChI is InChI=1S/C27H27N2OS/c1-15(2)25-19(6)29(27(31-25)24-16(3)9-7-10-17(24)4)22-14-21-20-11-8-12-28-26(20)30-23(21)13-18(22)5/h7-15H,1-6H3/q+1. The Morgan fingerprint density at radius 2 is 1.65 bits per heavy atom. The molecule has 3 nitrogen and oxygen atoms in total. The lowest BCUT2D eigenvalue weighted by Gasteiger charge is -2.08. The average Bonchev–Trinajstić information content (AvgIpc) is 3.24. The minimum Gasteiger partial charge on any atom is -0.438 e. The summed E-state index contributed by atoms with van der Waals surface area (Å²) < 4.78 is 8.49. The maximum atomic E-state index is 6.03. The van der Waals surface area contributed by atoms with Crippen molar-refractivity contribution in [2.24, 2.45) is 0 Å². The van der Waals surface area contributed by atoms with E-state index in [1.54, 1.807) is 6.20 Å². The highest BCUT2D eigenvalue weighted by molar-refractivity contribution is 7.14.